The molecule has 0 aliphatic carbocycles. The molecule has 17 nitrogen and oxygen atoms in total. The summed E-state index contributed by atoms with van der Waals surface area (Å²) in [4.78, 5) is 34.3. The molecule has 8 atom stereocenters. The molecule has 0 saturated carbocycles. The van der Waals surface area contributed by atoms with E-state index in [1.54, 1.807) is 0 Å². The van der Waals surface area contributed by atoms with E-state index in [-0.39, 0.29) is 34.1 Å². The molecule has 0 aromatic carbocycles. The van der Waals surface area contributed by atoms with Gasteiger partial charge in [-0.15, -0.1) is 0 Å². The zero-order chi connectivity index (χ0) is 30.3. The number of imidazole rings is 2. The minimum atomic E-state index is -4.35. The number of aliphatic hydroxyl groups is 2. The number of anilines is 2. The van der Waals surface area contributed by atoms with E-state index < -0.39 is 74.4 Å². The van der Waals surface area contributed by atoms with Gasteiger partial charge in [-0.1, -0.05) is 12.2 Å². The Balaban J connectivity index is 1.34. The molecule has 5 heterocycles. The van der Waals surface area contributed by atoms with Crippen LogP contribution in [0.3, 0.4) is 0 Å². The molecule has 1 saturated heterocycles. The van der Waals surface area contributed by atoms with Gasteiger partial charge in [0.2, 0.25) is 5.95 Å². The molecular formula is C21H27F2N10O7PS. The van der Waals surface area contributed by atoms with Crippen molar-refractivity contribution < 1.29 is 37.6 Å². The Kier molecular flexibility index (Phi) is 8.48. The number of halogens is 2. The number of H-pyrrole nitrogens is 1. The van der Waals surface area contributed by atoms with Crippen molar-refractivity contribution in [3.05, 3.63) is 29.3 Å². The number of aromatic nitrogens is 8. The zero-order valence-electron chi connectivity index (χ0n) is 21.8. The van der Waals surface area contributed by atoms with Crippen molar-refractivity contribution in [3.63, 3.8) is 0 Å². The molecule has 1 fully saturated rings. The molecule has 0 unspecified atom stereocenters. The van der Waals surface area contributed by atoms with Crippen LogP contribution in [0.1, 0.15) is 6.23 Å². The predicted molar refractivity (Wildman–Crippen MR) is 146 cm³/mol. The number of nitrogens with one attached hydrogen (secondary N) is 1. The van der Waals surface area contributed by atoms with Crippen molar-refractivity contribution in [2.75, 3.05) is 31.8 Å². The maximum Gasteiger partial charge on any atom is 0.280 e. The number of nitrogens with two attached hydrogens (primary N) is 2. The largest absolute Gasteiger partial charge is 0.394 e. The molecule has 228 valence electrons. The third-order valence-electron chi connectivity index (χ3n) is 6.85. The molecule has 4 aromatic rings. The molecule has 4 aromatic heterocycles. The maximum absolute atomic E-state index is 15.5. The number of fused-ring (bicyclic) bond motifs is 2. The highest BCUT2D eigenvalue weighted by molar-refractivity contribution is 8.46. The van der Waals surface area contributed by atoms with Crippen LogP contribution in [-0.2, 0) is 25.1 Å². The first-order valence-electron chi connectivity index (χ1n) is 12.3. The SMILES string of the molecule is CO[C@H](CO[P@@](=O)(S)[C@@H]1[C@H](F)[C@@H](CO)O[C@H]1n1cnc2c(=O)[nH]c(N)nc21)[C@@H](O)[C@H](F)Cn1cnc2c(N)ncnc21. The topological polar surface area (TPSA) is 244 Å². The Morgan fingerprint density at radius 1 is 1.24 bits per heavy atom. The Bertz CT molecular complexity index is 1690. The standard InChI is InChI=1S/C21H27F2N10O7PS/c1-38-10(14(35)8(22)2-32-6-28-12-16(24)26-5-27-17(12)32)4-39-41(37,42)15-11(23)9(3-34)40-20(15)33-7-29-13-18(33)30-21(25)31-19(13)36/h5-11,14-15,20,34-35H,2-4H2,1H3,(H,37,42)(H2,24,26,27)(H3,25,30,31,36)/t8-,9-,10-,11-,14+,15-,20-,41-/m1/s1. The number of thiol groups is 1. The van der Waals surface area contributed by atoms with Crippen LogP contribution >= 0.6 is 18.8 Å². The van der Waals surface area contributed by atoms with E-state index in [1.807, 2.05) is 0 Å². The number of hydrogen-bond acceptors (Lipinski definition) is 14. The Hall–Kier alpha value is -3.26. The Morgan fingerprint density at radius 2 is 1.98 bits per heavy atom. The van der Waals surface area contributed by atoms with Crippen LogP contribution in [0.25, 0.3) is 22.3 Å². The lowest BCUT2D eigenvalue weighted by atomic mass is 10.1. The fourth-order valence-electron chi connectivity index (χ4n) is 4.69. The van der Waals surface area contributed by atoms with Crippen molar-refractivity contribution in [1.82, 2.24) is 39.0 Å². The summed E-state index contributed by atoms with van der Waals surface area (Å²) in [5.41, 5.74) is 9.30. The second-order valence-corrected chi connectivity index (χ2v) is 13.1. The number of rotatable bonds is 11. The van der Waals surface area contributed by atoms with Gasteiger partial charge in [0.05, 0.1) is 32.4 Å². The lowest BCUT2D eigenvalue weighted by Gasteiger charge is -2.29. The van der Waals surface area contributed by atoms with E-state index in [1.165, 1.54) is 24.3 Å². The number of hydrogen-bond donors (Lipinski definition) is 6. The summed E-state index contributed by atoms with van der Waals surface area (Å²) in [5, 5.41) is 20.3. The van der Waals surface area contributed by atoms with Crippen molar-refractivity contribution >= 4 is 52.9 Å². The third-order valence-corrected chi connectivity index (χ3v) is 9.81. The summed E-state index contributed by atoms with van der Waals surface area (Å²) in [7, 11) is 1.17. The van der Waals surface area contributed by atoms with Gasteiger partial charge in [-0.25, -0.2) is 28.7 Å². The quantitative estimate of drug-likeness (QED) is 0.0908. The second-order valence-electron chi connectivity index (χ2n) is 9.43. The van der Waals surface area contributed by atoms with Crippen LogP contribution in [-0.4, -0.2) is 106 Å². The number of methoxy groups -OCH3 is 1. The first-order valence-corrected chi connectivity index (χ1v) is 15.2. The minimum Gasteiger partial charge on any atom is -0.394 e. The van der Waals surface area contributed by atoms with Gasteiger partial charge in [-0.3, -0.25) is 18.9 Å². The highest BCUT2D eigenvalue weighted by Crippen LogP contribution is 2.64. The number of aliphatic hydroxyl groups excluding tert-OH is 2. The summed E-state index contributed by atoms with van der Waals surface area (Å²) in [6.07, 6.45) is -6.52. The summed E-state index contributed by atoms with van der Waals surface area (Å²) in [5.74, 6) is -0.164. The van der Waals surface area contributed by atoms with Crippen molar-refractivity contribution in [1.29, 1.82) is 0 Å². The van der Waals surface area contributed by atoms with Gasteiger partial charge in [0.1, 0.15) is 48.2 Å². The normalized spacial score (nSPS) is 24.6. The van der Waals surface area contributed by atoms with Gasteiger partial charge in [-0.2, -0.15) is 4.98 Å². The molecule has 42 heavy (non-hydrogen) atoms. The molecule has 0 amide bonds. The number of nitrogen functional groups attached to an aromatic ring is 2. The summed E-state index contributed by atoms with van der Waals surface area (Å²) < 4.78 is 63.2. The molecule has 21 heteroatoms. The first kappa shape index (κ1) is 30.2. The summed E-state index contributed by atoms with van der Waals surface area (Å²) in [6, 6.07) is 0. The molecule has 0 spiro atoms. The van der Waals surface area contributed by atoms with Gasteiger partial charge in [0, 0.05) is 7.11 Å². The fraction of sp³-hybridized carbons (Fsp3) is 0.524. The van der Waals surface area contributed by atoms with Crippen LogP contribution < -0.4 is 17.0 Å². The predicted octanol–water partition coefficient (Wildman–Crippen LogP) is -0.426. The number of aromatic amines is 1. The smallest absolute Gasteiger partial charge is 0.280 e. The monoisotopic (exact) mass is 632 g/mol. The van der Waals surface area contributed by atoms with Crippen LogP contribution in [0.2, 0.25) is 0 Å². The lowest BCUT2D eigenvalue weighted by Crippen LogP contribution is -2.41. The van der Waals surface area contributed by atoms with Gasteiger partial charge in [0.25, 0.3) is 12.1 Å². The maximum atomic E-state index is 15.5. The number of ether oxygens (including phenoxy) is 2. The average molecular weight is 633 g/mol. The summed E-state index contributed by atoms with van der Waals surface area (Å²) >= 11 is 4.12. The van der Waals surface area contributed by atoms with Crippen LogP contribution in [0, 0.1) is 0 Å². The van der Waals surface area contributed by atoms with Gasteiger partial charge >= 0.3 is 0 Å². The molecule has 0 bridgehead atoms. The Labute approximate surface area is 239 Å². The van der Waals surface area contributed by atoms with E-state index >= 15 is 8.78 Å². The lowest BCUT2D eigenvalue weighted by molar-refractivity contribution is -0.0703. The molecule has 7 N–H and O–H groups in total. The van der Waals surface area contributed by atoms with E-state index in [2.05, 4.69) is 42.2 Å². The molecule has 0 radical (unpaired) electrons. The molecular weight excluding hydrogens is 605 g/mol. The van der Waals surface area contributed by atoms with Gasteiger partial charge in [0.15, 0.2) is 28.9 Å². The minimum absolute atomic E-state index is 0.0981. The zero-order valence-corrected chi connectivity index (χ0v) is 23.6. The summed E-state index contributed by atoms with van der Waals surface area (Å²) in [6.45, 7) is -6.21. The first-order chi connectivity index (χ1) is 20.0. The van der Waals surface area contributed by atoms with Crippen molar-refractivity contribution in [2.45, 2.75) is 49.1 Å². The average Bonchev–Trinajstić information content (AvgIpc) is 3.64. The van der Waals surface area contributed by atoms with Crippen LogP contribution in [0.4, 0.5) is 20.5 Å². The van der Waals surface area contributed by atoms with E-state index in [9.17, 15) is 19.6 Å². The van der Waals surface area contributed by atoms with Crippen LogP contribution in [0.15, 0.2) is 23.8 Å². The fourth-order valence-corrected chi connectivity index (χ4v) is 7.23. The second kappa shape index (κ2) is 11.8. The highest BCUT2D eigenvalue weighted by atomic mass is 32.7. The molecule has 1 aliphatic rings. The van der Waals surface area contributed by atoms with Crippen molar-refractivity contribution in [3.8, 4) is 0 Å². The van der Waals surface area contributed by atoms with Crippen LogP contribution in [0.5, 0.6) is 0 Å². The molecule has 5 rings (SSSR count). The Morgan fingerprint density at radius 3 is 2.69 bits per heavy atom. The van der Waals surface area contributed by atoms with Gasteiger partial charge in [-0.05, 0) is 0 Å². The number of alkyl halides is 2. The van der Waals surface area contributed by atoms with E-state index in [0.29, 0.717) is 0 Å². The highest BCUT2D eigenvalue weighted by Gasteiger charge is 2.55. The third kappa shape index (κ3) is 5.46. The van der Waals surface area contributed by atoms with Crippen molar-refractivity contribution in [2.24, 2.45) is 0 Å². The van der Waals surface area contributed by atoms with Gasteiger partial charge < -0.3 is 40.2 Å². The molecule has 1 aliphatic heterocycles. The van der Waals surface area contributed by atoms with E-state index in [0.717, 1.165) is 10.9 Å². The number of nitrogens with zero attached hydrogens (tertiary/aromatic N) is 7. The van der Waals surface area contributed by atoms with E-state index in [4.69, 9.17) is 25.5 Å².